The van der Waals surface area contributed by atoms with E-state index in [0.29, 0.717) is 0 Å². The topological polar surface area (TPSA) is 70.7 Å². The summed E-state index contributed by atoms with van der Waals surface area (Å²) in [7, 11) is 0. The molecule has 1 unspecified atom stereocenters. The molecule has 0 saturated carbocycles. The van der Waals surface area contributed by atoms with Gasteiger partial charge in [0.15, 0.2) is 5.69 Å². The summed E-state index contributed by atoms with van der Waals surface area (Å²) in [5, 5.41) is 11.1. The zero-order valence-corrected chi connectivity index (χ0v) is 7.80. The Hall–Kier alpha value is -1.60. The molecule has 0 aliphatic carbocycles. The van der Waals surface area contributed by atoms with Gasteiger partial charge >= 0.3 is 6.18 Å². The van der Waals surface area contributed by atoms with Crippen LogP contribution >= 0.6 is 0 Å². The molecule has 84 valence electrons. The number of halogens is 3. The van der Waals surface area contributed by atoms with E-state index in [1.807, 2.05) is 0 Å². The van der Waals surface area contributed by atoms with Crippen molar-refractivity contribution in [1.29, 1.82) is 0 Å². The van der Waals surface area contributed by atoms with Crippen LogP contribution in [0.2, 0.25) is 0 Å². The van der Waals surface area contributed by atoms with Crippen molar-refractivity contribution in [3.63, 3.8) is 0 Å². The number of carbonyl (C=O) groups is 1. The number of aromatic amines is 1. The van der Waals surface area contributed by atoms with Crippen molar-refractivity contribution in [2.45, 2.75) is 25.6 Å². The van der Waals surface area contributed by atoms with E-state index >= 15 is 0 Å². The van der Waals surface area contributed by atoms with Gasteiger partial charge in [-0.25, -0.2) is 0 Å². The van der Waals surface area contributed by atoms with E-state index in [4.69, 9.17) is 0 Å². The quantitative estimate of drug-likeness (QED) is 0.797. The molecule has 0 saturated heterocycles. The number of hydrogen-bond acceptors (Lipinski definition) is 3. The number of alkyl halides is 3. The summed E-state index contributed by atoms with van der Waals surface area (Å²) in [5.74, 6) is -0.680. The van der Waals surface area contributed by atoms with Gasteiger partial charge in [0, 0.05) is 6.04 Å². The number of rotatable bonds is 3. The second-order valence-corrected chi connectivity index (χ2v) is 3.05. The maximum atomic E-state index is 11.9. The summed E-state index contributed by atoms with van der Waals surface area (Å²) in [5.41, 5.74) is -0.0379. The van der Waals surface area contributed by atoms with Gasteiger partial charge in [0.05, 0.1) is 12.6 Å². The molecule has 0 bridgehead atoms. The Kier molecular flexibility index (Phi) is 3.28. The van der Waals surface area contributed by atoms with Crippen LogP contribution in [0.5, 0.6) is 0 Å². The number of hydrogen-bond donors (Lipinski definition) is 2. The minimum atomic E-state index is -4.30. The van der Waals surface area contributed by atoms with Crippen LogP contribution in [0.1, 0.15) is 23.8 Å². The van der Waals surface area contributed by atoms with Crippen LogP contribution in [0.3, 0.4) is 0 Å². The maximum Gasteiger partial charge on any atom is 0.391 e. The highest BCUT2D eigenvalue weighted by Crippen LogP contribution is 2.21. The summed E-state index contributed by atoms with van der Waals surface area (Å²) in [6, 6.07) is -0.991. The number of nitrogens with one attached hydrogen (secondary N) is 2. The van der Waals surface area contributed by atoms with Crippen LogP contribution in [-0.2, 0) is 0 Å². The first-order chi connectivity index (χ1) is 6.88. The van der Waals surface area contributed by atoms with Gasteiger partial charge in [-0.05, 0) is 6.92 Å². The van der Waals surface area contributed by atoms with E-state index in [-0.39, 0.29) is 5.69 Å². The van der Waals surface area contributed by atoms with Crippen molar-refractivity contribution in [2.75, 3.05) is 0 Å². The molecule has 5 nitrogen and oxygen atoms in total. The molecule has 1 amide bonds. The molecule has 15 heavy (non-hydrogen) atoms. The zero-order valence-electron chi connectivity index (χ0n) is 7.80. The third-order valence-electron chi connectivity index (χ3n) is 1.56. The lowest BCUT2D eigenvalue weighted by molar-refractivity contribution is -0.138. The molecule has 0 fully saturated rings. The zero-order chi connectivity index (χ0) is 11.5. The number of amides is 1. The monoisotopic (exact) mass is 222 g/mol. The van der Waals surface area contributed by atoms with E-state index in [9.17, 15) is 18.0 Å². The first-order valence-electron chi connectivity index (χ1n) is 4.12. The van der Waals surface area contributed by atoms with E-state index in [0.717, 1.165) is 6.20 Å². The Morgan fingerprint density at radius 3 is 2.80 bits per heavy atom. The minimum absolute atomic E-state index is 0.0379. The normalized spacial score (nSPS) is 13.6. The highest BCUT2D eigenvalue weighted by Gasteiger charge is 2.30. The first kappa shape index (κ1) is 11.5. The third-order valence-corrected chi connectivity index (χ3v) is 1.56. The van der Waals surface area contributed by atoms with Crippen LogP contribution < -0.4 is 5.32 Å². The summed E-state index contributed by atoms with van der Waals surface area (Å²) in [6.07, 6.45) is -4.23. The van der Waals surface area contributed by atoms with E-state index in [1.165, 1.54) is 6.92 Å². The molecule has 0 aliphatic rings. The highest BCUT2D eigenvalue weighted by molar-refractivity contribution is 5.91. The summed E-state index contributed by atoms with van der Waals surface area (Å²) in [4.78, 5) is 11.2. The van der Waals surface area contributed by atoms with Crippen molar-refractivity contribution in [3.8, 4) is 0 Å². The van der Waals surface area contributed by atoms with Gasteiger partial charge in [-0.2, -0.15) is 28.6 Å². The fourth-order valence-corrected chi connectivity index (χ4v) is 1.01. The number of aromatic nitrogens is 3. The standard InChI is InChI=1S/C7H9F3N4O/c1-4(2-7(8,9)10)12-6(15)5-3-11-14-13-5/h3-4H,2H2,1H3,(H,12,15)(H,11,13,14). The van der Waals surface area contributed by atoms with Gasteiger partial charge < -0.3 is 5.32 Å². The molecule has 2 N–H and O–H groups in total. The minimum Gasteiger partial charge on any atom is -0.348 e. The van der Waals surface area contributed by atoms with Crippen molar-refractivity contribution in [1.82, 2.24) is 20.7 Å². The fraction of sp³-hybridized carbons (Fsp3) is 0.571. The predicted molar refractivity (Wildman–Crippen MR) is 44.0 cm³/mol. The van der Waals surface area contributed by atoms with E-state index in [1.54, 1.807) is 0 Å². The molecule has 8 heteroatoms. The number of nitrogens with zero attached hydrogens (tertiary/aromatic N) is 2. The Balaban J connectivity index is 2.45. The first-order valence-corrected chi connectivity index (χ1v) is 4.12. The van der Waals surface area contributed by atoms with Crippen LogP contribution in [0.25, 0.3) is 0 Å². The van der Waals surface area contributed by atoms with Crippen molar-refractivity contribution in [2.24, 2.45) is 0 Å². The van der Waals surface area contributed by atoms with Gasteiger partial charge in [0.25, 0.3) is 5.91 Å². The van der Waals surface area contributed by atoms with Crippen molar-refractivity contribution >= 4 is 5.91 Å². The lowest BCUT2D eigenvalue weighted by Gasteiger charge is -2.14. The maximum absolute atomic E-state index is 11.9. The number of H-pyrrole nitrogens is 1. The fourth-order valence-electron chi connectivity index (χ4n) is 1.01. The van der Waals surface area contributed by atoms with Crippen LogP contribution in [0.15, 0.2) is 6.20 Å². The van der Waals surface area contributed by atoms with Gasteiger partial charge in [-0.1, -0.05) is 0 Å². The summed E-state index contributed by atoms with van der Waals surface area (Å²) in [6.45, 7) is 1.27. The predicted octanol–water partition coefficient (Wildman–Crippen LogP) is 0.875. The van der Waals surface area contributed by atoms with Crippen molar-refractivity contribution in [3.05, 3.63) is 11.9 Å². The average molecular weight is 222 g/mol. The largest absolute Gasteiger partial charge is 0.391 e. The molecular formula is C7H9F3N4O. The summed E-state index contributed by atoms with van der Waals surface area (Å²) >= 11 is 0. The molecule has 1 heterocycles. The molecule has 1 aromatic heterocycles. The lowest BCUT2D eigenvalue weighted by atomic mass is 10.2. The smallest absolute Gasteiger partial charge is 0.348 e. The SMILES string of the molecule is CC(CC(F)(F)F)NC(=O)c1cn[nH]n1. The van der Waals surface area contributed by atoms with Gasteiger partial charge in [0.1, 0.15) is 0 Å². The molecule has 0 radical (unpaired) electrons. The molecular weight excluding hydrogens is 213 g/mol. The van der Waals surface area contributed by atoms with Crippen molar-refractivity contribution < 1.29 is 18.0 Å². The molecule has 1 rings (SSSR count). The number of carbonyl (C=O) groups excluding carboxylic acids is 1. The second kappa shape index (κ2) is 4.28. The molecule has 0 spiro atoms. The Morgan fingerprint density at radius 2 is 2.33 bits per heavy atom. The van der Waals surface area contributed by atoms with Crippen LogP contribution in [0.4, 0.5) is 13.2 Å². The Morgan fingerprint density at radius 1 is 1.67 bits per heavy atom. The average Bonchev–Trinajstić information content (AvgIpc) is 2.50. The van der Waals surface area contributed by atoms with E-state index < -0.39 is 24.5 Å². The second-order valence-electron chi connectivity index (χ2n) is 3.05. The third kappa shape index (κ3) is 3.96. The molecule has 0 aromatic carbocycles. The van der Waals surface area contributed by atoms with Crippen LogP contribution in [-0.4, -0.2) is 33.5 Å². The van der Waals surface area contributed by atoms with Gasteiger partial charge in [-0.15, -0.1) is 0 Å². The Bertz CT molecular complexity index is 321. The molecule has 1 aromatic rings. The lowest BCUT2D eigenvalue weighted by Crippen LogP contribution is -2.36. The summed E-state index contributed by atoms with van der Waals surface area (Å²) < 4.78 is 35.7. The molecule has 1 atom stereocenters. The van der Waals surface area contributed by atoms with Gasteiger partial charge in [0.2, 0.25) is 0 Å². The van der Waals surface area contributed by atoms with Crippen LogP contribution in [0, 0.1) is 0 Å². The van der Waals surface area contributed by atoms with E-state index in [2.05, 4.69) is 20.7 Å². The highest BCUT2D eigenvalue weighted by atomic mass is 19.4. The van der Waals surface area contributed by atoms with Gasteiger partial charge in [-0.3, -0.25) is 4.79 Å². The Labute approximate surface area is 83.0 Å². The molecule has 0 aliphatic heterocycles.